The molecule has 2 aromatic carbocycles. The second-order valence-electron chi connectivity index (χ2n) is 6.86. The summed E-state index contributed by atoms with van der Waals surface area (Å²) in [5.41, 5.74) is 0.416. The molecule has 0 saturated heterocycles. The van der Waals surface area contributed by atoms with Crippen LogP contribution in [0.3, 0.4) is 0 Å². The second kappa shape index (κ2) is 9.82. The van der Waals surface area contributed by atoms with Crippen LogP contribution in [-0.4, -0.2) is 39.4 Å². The van der Waals surface area contributed by atoms with E-state index in [1.165, 1.54) is 0 Å². The van der Waals surface area contributed by atoms with Gasteiger partial charge in [0.05, 0.1) is 35.5 Å². The van der Waals surface area contributed by atoms with Crippen LogP contribution < -0.4 is 15.4 Å². The monoisotopic (exact) mass is 462 g/mol. The first-order valence-electron chi connectivity index (χ1n) is 9.94. The number of urea groups is 1. The summed E-state index contributed by atoms with van der Waals surface area (Å²) in [7, 11) is -4.00. The van der Waals surface area contributed by atoms with Gasteiger partial charge < -0.3 is 20.1 Å². The van der Waals surface area contributed by atoms with Gasteiger partial charge in [0.1, 0.15) is 11.6 Å². The van der Waals surface area contributed by atoms with Crippen LogP contribution in [0.15, 0.2) is 64.7 Å². The third kappa shape index (κ3) is 5.25. The maximum Gasteiger partial charge on any atom is 0.338 e. The fourth-order valence-corrected chi connectivity index (χ4v) is 4.60. The first-order chi connectivity index (χ1) is 15.2. The topological polar surface area (TPSA) is 111 Å². The predicted octanol–water partition coefficient (Wildman–Crippen LogP) is 2.87. The van der Waals surface area contributed by atoms with Gasteiger partial charge in [-0.25, -0.2) is 22.4 Å². The molecule has 10 heteroatoms. The molecule has 0 fully saturated rings. The van der Waals surface area contributed by atoms with Gasteiger partial charge >= 0.3 is 12.0 Å². The van der Waals surface area contributed by atoms with Crippen molar-refractivity contribution in [2.75, 3.05) is 19.0 Å². The first-order valence-corrected chi connectivity index (χ1v) is 11.6. The van der Waals surface area contributed by atoms with Crippen molar-refractivity contribution >= 4 is 21.8 Å². The molecule has 1 atom stereocenters. The number of carbonyl (C=O) groups is 2. The van der Waals surface area contributed by atoms with E-state index in [0.717, 1.165) is 24.3 Å². The number of carbonyl (C=O) groups excluding carboxylic acids is 2. The minimum Gasteiger partial charge on any atom is -0.494 e. The van der Waals surface area contributed by atoms with Gasteiger partial charge in [0.2, 0.25) is 0 Å². The lowest BCUT2D eigenvalue weighted by atomic mass is 9.95. The van der Waals surface area contributed by atoms with Gasteiger partial charge in [0.15, 0.2) is 9.84 Å². The normalized spacial score (nSPS) is 16.2. The third-order valence-corrected chi connectivity index (χ3v) is 6.34. The van der Waals surface area contributed by atoms with E-state index >= 15 is 0 Å². The average molecular weight is 462 g/mol. The van der Waals surface area contributed by atoms with Crippen molar-refractivity contribution in [2.45, 2.75) is 24.8 Å². The van der Waals surface area contributed by atoms with Crippen molar-refractivity contribution in [3.63, 3.8) is 0 Å². The Morgan fingerprint density at radius 2 is 1.69 bits per heavy atom. The van der Waals surface area contributed by atoms with Crippen LogP contribution >= 0.6 is 0 Å². The standard InChI is InChI=1S/C22H23FN2O6S/c1-3-30-16-9-5-14(6-10-16)20-19(21(26)31-4-2)18(24-22(27)25-20)13-32(28,29)17-11-7-15(23)8-12-17/h5-12,20H,3-4,13H2,1-2H3,(H2,24,25,27). The maximum atomic E-state index is 13.2. The van der Waals surface area contributed by atoms with Crippen molar-refractivity contribution in [3.8, 4) is 5.75 Å². The highest BCUT2D eigenvalue weighted by molar-refractivity contribution is 7.91. The molecule has 2 N–H and O–H groups in total. The van der Waals surface area contributed by atoms with Crippen molar-refractivity contribution in [1.82, 2.24) is 10.6 Å². The van der Waals surface area contributed by atoms with Crippen molar-refractivity contribution in [1.29, 1.82) is 0 Å². The Bertz CT molecular complexity index is 1130. The summed E-state index contributed by atoms with van der Waals surface area (Å²) in [6.45, 7) is 4.00. The Balaban J connectivity index is 2.05. The summed E-state index contributed by atoms with van der Waals surface area (Å²) < 4.78 is 49.6. The van der Waals surface area contributed by atoms with E-state index < -0.39 is 39.4 Å². The summed E-state index contributed by atoms with van der Waals surface area (Å²) in [4.78, 5) is 25.0. The zero-order chi connectivity index (χ0) is 23.3. The van der Waals surface area contributed by atoms with E-state index in [1.807, 2.05) is 6.92 Å². The highest BCUT2D eigenvalue weighted by Gasteiger charge is 2.35. The molecule has 0 saturated carbocycles. The number of amides is 2. The molecule has 0 aromatic heterocycles. The van der Waals surface area contributed by atoms with Gasteiger partial charge in [-0.15, -0.1) is 0 Å². The molecule has 0 spiro atoms. The van der Waals surface area contributed by atoms with Crippen LogP contribution in [0.1, 0.15) is 25.5 Å². The Hall–Kier alpha value is -3.40. The lowest BCUT2D eigenvalue weighted by Crippen LogP contribution is -2.47. The van der Waals surface area contributed by atoms with Crippen molar-refractivity contribution < 1.29 is 31.9 Å². The molecule has 3 rings (SSSR count). The van der Waals surface area contributed by atoms with Crippen LogP contribution in [0.5, 0.6) is 5.75 Å². The molecular weight excluding hydrogens is 439 g/mol. The lowest BCUT2D eigenvalue weighted by Gasteiger charge is -2.29. The Morgan fingerprint density at radius 3 is 2.28 bits per heavy atom. The number of benzene rings is 2. The van der Waals surface area contributed by atoms with Crippen LogP contribution in [0, 0.1) is 5.82 Å². The highest BCUT2D eigenvalue weighted by atomic mass is 32.2. The molecule has 1 heterocycles. The first kappa shape index (κ1) is 23.3. The van der Waals surface area contributed by atoms with Crippen LogP contribution in [0.2, 0.25) is 0 Å². The quantitative estimate of drug-likeness (QED) is 0.461. The zero-order valence-electron chi connectivity index (χ0n) is 17.6. The van der Waals surface area contributed by atoms with Crippen LogP contribution in [0.4, 0.5) is 9.18 Å². The van der Waals surface area contributed by atoms with E-state index in [0.29, 0.717) is 17.9 Å². The molecule has 8 nitrogen and oxygen atoms in total. The summed E-state index contributed by atoms with van der Waals surface area (Å²) >= 11 is 0. The van der Waals surface area contributed by atoms with Gasteiger partial charge in [-0.05, 0) is 55.8 Å². The van der Waals surface area contributed by atoms with Gasteiger partial charge in [-0.2, -0.15) is 0 Å². The Morgan fingerprint density at radius 1 is 1.03 bits per heavy atom. The van der Waals surface area contributed by atoms with Crippen molar-refractivity contribution in [2.24, 2.45) is 0 Å². The van der Waals surface area contributed by atoms with E-state index in [2.05, 4.69) is 10.6 Å². The Kier molecular flexibility index (Phi) is 7.14. The molecule has 2 amide bonds. The van der Waals surface area contributed by atoms with E-state index in [4.69, 9.17) is 9.47 Å². The lowest BCUT2D eigenvalue weighted by molar-refractivity contribution is -0.139. The van der Waals surface area contributed by atoms with E-state index in [9.17, 15) is 22.4 Å². The SMILES string of the molecule is CCOC(=O)C1=C(CS(=O)(=O)c2ccc(F)cc2)NC(=O)NC1c1ccc(OCC)cc1. The third-order valence-electron chi connectivity index (χ3n) is 4.68. The van der Waals surface area contributed by atoms with E-state index in [1.54, 1.807) is 31.2 Å². The molecule has 1 aliphatic rings. The average Bonchev–Trinajstić information content (AvgIpc) is 2.74. The summed E-state index contributed by atoms with van der Waals surface area (Å²) in [5.74, 6) is -1.41. The molecule has 0 aliphatic carbocycles. The number of ether oxygens (including phenoxy) is 2. The van der Waals surface area contributed by atoms with Gasteiger partial charge in [0.25, 0.3) is 0 Å². The van der Waals surface area contributed by atoms with Crippen LogP contribution in [-0.2, 0) is 19.4 Å². The van der Waals surface area contributed by atoms with Crippen LogP contribution in [0.25, 0.3) is 0 Å². The van der Waals surface area contributed by atoms with Gasteiger partial charge in [-0.3, -0.25) is 0 Å². The maximum absolute atomic E-state index is 13.2. The molecule has 0 radical (unpaired) electrons. The van der Waals surface area contributed by atoms with Crippen molar-refractivity contribution in [3.05, 3.63) is 71.2 Å². The smallest absolute Gasteiger partial charge is 0.338 e. The molecule has 2 aromatic rings. The summed E-state index contributed by atoms with van der Waals surface area (Å²) in [6, 6.07) is 9.42. The zero-order valence-corrected chi connectivity index (χ0v) is 18.4. The minimum atomic E-state index is -4.00. The fraction of sp³-hybridized carbons (Fsp3) is 0.273. The number of sulfone groups is 1. The molecule has 1 unspecified atom stereocenters. The van der Waals surface area contributed by atoms with E-state index in [-0.39, 0.29) is 22.8 Å². The highest BCUT2D eigenvalue weighted by Crippen LogP contribution is 2.30. The molecule has 170 valence electrons. The second-order valence-corrected chi connectivity index (χ2v) is 8.85. The number of nitrogens with one attached hydrogen (secondary N) is 2. The summed E-state index contributed by atoms with van der Waals surface area (Å²) in [6.07, 6.45) is 0. The number of halogens is 1. The number of esters is 1. The number of rotatable bonds is 8. The number of hydrogen-bond acceptors (Lipinski definition) is 6. The van der Waals surface area contributed by atoms with Gasteiger partial charge in [-0.1, -0.05) is 12.1 Å². The minimum absolute atomic E-state index is 0.0266. The van der Waals surface area contributed by atoms with Gasteiger partial charge in [0, 0.05) is 5.70 Å². The number of hydrogen-bond donors (Lipinski definition) is 2. The fourth-order valence-electron chi connectivity index (χ4n) is 3.27. The molecule has 32 heavy (non-hydrogen) atoms. The predicted molar refractivity (Wildman–Crippen MR) is 114 cm³/mol. The Labute approximate surface area is 185 Å². The largest absolute Gasteiger partial charge is 0.494 e. The molecule has 1 aliphatic heterocycles. The summed E-state index contributed by atoms with van der Waals surface area (Å²) in [5, 5.41) is 5.07. The molecule has 0 bridgehead atoms. The molecular formula is C22H23FN2O6S.